The molecule has 0 aromatic rings. The van der Waals surface area contributed by atoms with Crippen LogP contribution in [0.3, 0.4) is 0 Å². The minimum absolute atomic E-state index is 0.0673. The Kier molecular flexibility index (Phi) is 69.1. The summed E-state index contributed by atoms with van der Waals surface area (Å²) in [6.45, 7) is 6.69. The summed E-state index contributed by atoms with van der Waals surface area (Å²) in [7, 11) is 0. The summed E-state index contributed by atoms with van der Waals surface area (Å²) in [5.74, 6) is -0.843. The van der Waals surface area contributed by atoms with Crippen LogP contribution in [0.15, 0.2) is 36.5 Å². The largest absolute Gasteiger partial charge is 0.462 e. The Balaban J connectivity index is 4.04. The first-order chi connectivity index (χ1) is 40.5. The molecule has 0 fully saturated rings. The lowest BCUT2D eigenvalue weighted by Gasteiger charge is -2.18. The third kappa shape index (κ3) is 68.4. The molecule has 0 aromatic heterocycles. The molecule has 0 aliphatic heterocycles. The van der Waals surface area contributed by atoms with Gasteiger partial charge in [-0.15, -0.1) is 0 Å². The molecule has 6 heteroatoms. The fourth-order valence-corrected chi connectivity index (χ4v) is 11.3. The van der Waals surface area contributed by atoms with Crippen LogP contribution in [0, 0.1) is 0 Å². The number of rotatable bonds is 69. The van der Waals surface area contributed by atoms with Gasteiger partial charge >= 0.3 is 17.9 Å². The number of ether oxygens (including phenoxy) is 3. The van der Waals surface area contributed by atoms with Gasteiger partial charge in [0.15, 0.2) is 6.10 Å². The SMILES string of the molecule is CCCCCCC/C=C\C/C=C\CCCCCCCCCCCCCCCCCCCCCCCCCC(=O)OCC(COC(=O)CCCCCCCCCCCCC)OC(=O)CCCCCCCCC/C=C\CCCCCCCCC. The molecule has 482 valence electrons. The fourth-order valence-electron chi connectivity index (χ4n) is 11.3. The standard InChI is InChI=1S/C76H142O6/c1-4-7-10-13-16-19-22-24-26-28-30-31-32-33-34-35-36-37-38-39-40-41-42-43-44-45-46-48-49-51-54-57-60-63-66-69-75(78)81-72-73(71-80-74(77)68-65-62-59-56-53-21-18-15-12-9-6-3)82-76(79)70-67-64-61-58-55-52-50-47-29-27-25-23-20-17-14-11-8-5-2/h22,24,27-30,73H,4-21,23,25-26,31-72H2,1-3H3/b24-22-,29-27-,30-28-. The van der Waals surface area contributed by atoms with E-state index in [9.17, 15) is 14.4 Å². The minimum Gasteiger partial charge on any atom is -0.462 e. The van der Waals surface area contributed by atoms with Crippen molar-refractivity contribution in [1.29, 1.82) is 0 Å². The summed E-state index contributed by atoms with van der Waals surface area (Å²) >= 11 is 0. The lowest BCUT2D eigenvalue weighted by atomic mass is 10.0. The highest BCUT2D eigenvalue weighted by Gasteiger charge is 2.19. The highest BCUT2D eigenvalue weighted by Crippen LogP contribution is 2.19. The van der Waals surface area contributed by atoms with Gasteiger partial charge in [0.2, 0.25) is 0 Å². The molecule has 1 unspecified atom stereocenters. The van der Waals surface area contributed by atoms with E-state index in [0.717, 1.165) is 64.2 Å². The molecule has 6 nitrogen and oxygen atoms in total. The van der Waals surface area contributed by atoms with Crippen molar-refractivity contribution >= 4 is 17.9 Å². The zero-order valence-corrected chi connectivity index (χ0v) is 55.5. The van der Waals surface area contributed by atoms with Gasteiger partial charge in [-0.25, -0.2) is 0 Å². The van der Waals surface area contributed by atoms with Gasteiger partial charge in [-0.3, -0.25) is 14.4 Å². The second-order valence-corrected chi connectivity index (χ2v) is 25.2. The Morgan fingerprint density at radius 2 is 0.439 bits per heavy atom. The zero-order chi connectivity index (χ0) is 59.2. The minimum atomic E-state index is -0.770. The van der Waals surface area contributed by atoms with E-state index in [1.54, 1.807) is 0 Å². The second-order valence-electron chi connectivity index (χ2n) is 25.2. The normalized spacial score (nSPS) is 12.2. The van der Waals surface area contributed by atoms with E-state index >= 15 is 0 Å². The van der Waals surface area contributed by atoms with Crippen molar-refractivity contribution in [3.8, 4) is 0 Å². The molecule has 0 aromatic carbocycles. The van der Waals surface area contributed by atoms with Gasteiger partial charge in [0.05, 0.1) is 0 Å². The Hall–Kier alpha value is -2.37. The predicted molar refractivity (Wildman–Crippen MR) is 358 cm³/mol. The molecular weight excluding hydrogens is 1010 g/mol. The number of hydrogen-bond donors (Lipinski definition) is 0. The van der Waals surface area contributed by atoms with Crippen molar-refractivity contribution in [3.05, 3.63) is 36.5 Å². The van der Waals surface area contributed by atoms with Crippen LogP contribution in [0.2, 0.25) is 0 Å². The van der Waals surface area contributed by atoms with E-state index < -0.39 is 6.10 Å². The van der Waals surface area contributed by atoms with Crippen LogP contribution < -0.4 is 0 Å². The summed E-state index contributed by atoms with van der Waals surface area (Å²) in [5, 5.41) is 0. The maximum absolute atomic E-state index is 12.9. The number of unbranched alkanes of at least 4 members (excludes halogenated alkanes) is 52. The smallest absolute Gasteiger partial charge is 0.306 e. The molecule has 0 N–H and O–H groups in total. The van der Waals surface area contributed by atoms with Crippen LogP contribution in [0.5, 0.6) is 0 Å². The first kappa shape index (κ1) is 79.6. The maximum Gasteiger partial charge on any atom is 0.306 e. The van der Waals surface area contributed by atoms with Crippen LogP contribution in [-0.2, 0) is 28.6 Å². The summed E-state index contributed by atoms with van der Waals surface area (Å²) in [5.41, 5.74) is 0. The highest BCUT2D eigenvalue weighted by molar-refractivity contribution is 5.71. The lowest BCUT2D eigenvalue weighted by Crippen LogP contribution is -2.30. The van der Waals surface area contributed by atoms with E-state index in [1.807, 2.05) is 0 Å². The maximum atomic E-state index is 12.9. The molecule has 0 aliphatic rings. The zero-order valence-electron chi connectivity index (χ0n) is 55.5. The number of carbonyl (C=O) groups is 3. The van der Waals surface area contributed by atoms with Gasteiger partial charge in [-0.1, -0.05) is 353 Å². The van der Waals surface area contributed by atoms with Crippen LogP contribution >= 0.6 is 0 Å². The van der Waals surface area contributed by atoms with E-state index in [2.05, 4.69) is 57.2 Å². The molecule has 0 saturated carbocycles. The average molecular weight is 1150 g/mol. The third-order valence-corrected chi connectivity index (χ3v) is 16.9. The first-order valence-corrected chi connectivity index (χ1v) is 37.0. The third-order valence-electron chi connectivity index (χ3n) is 16.9. The molecule has 0 aliphatic carbocycles. The molecule has 82 heavy (non-hydrogen) atoms. The van der Waals surface area contributed by atoms with Crippen molar-refractivity contribution in [1.82, 2.24) is 0 Å². The second kappa shape index (κ2) is 71.1. The van der Waals surface area contributed by atoms with Gasteiger partial charge in [-0.05, 0) is 77.0 Å². The molecule has 0 saturated heterocycles. The van der Waals surface area contributed by atoms with Gasteiger partial charge < -0.3 is 14.2 Å². The monoisotopic (exact) mass is 1150 g/mol. The summed E-state index contributed by atoms with van der Waals surface area (Å²) in [4.78, 5) is 38.3. The Morgan fingerprint density at radius 1 is 0.244 bits per heavy atom. The van der Waals surface area contributed by atoms with Crippen molar-refractivity contribution < 1.29 is 28.6 Å². The van der Waals surface area contributed by atoms with Gasteiger partial charge in [0.1, 0.15) is 13.2 Å². The first-order valence-electron chi connectivity index (χ1n) is 37.0. The average Bonchev–Trinajstić information content (AvgIpc) is 3.47. The van der Waals surface area contributed by atoms with E-state index in [1.165, 1.54) is 308 Å². The Labute approximate surface area is 512 Å². The summed E-state index contributed by atoms with van der Waals surface area (Å²) in [6, 6.07) is 0. The Bertz CT molecular complexity index is 1370. The molecule has 0 rings (SSSR count). The van der Waals surface area contributed by atoms with Gasteiger partial charge in [0, 0.05) is 19.3 Å². The number of carbonyl (C=O) groups excluding carboxylic acids is 3. The predicted octanol–water partition coefficient (Wildman–Crippen LogP) is 25.5. The highest BCUT2D eigenvalue weighted by atomic mass is 16.6. The quantitative estimate of drug-likeness (QED) is 0.0261. The van der Waals surface area contributed by atoms with Gasteiger partial charge in [0.25, 0.3) is 0 Å². The number of hydrogen-bond acceptors (Lipinski definition) is 6. The van der Waals surface area contributed by atoms with E-state index in [4.69, 9.17) is 14.2 Å². The Morgan fingerprint density at radius 3 is 0.683 bits per heavy atom. The van der Waals surface area contributed by atoms with Crippen molar-refractivity contribution in [2.75, 3.05) is 13.2 Å². The van der Waals surface area contributed by atoms with E-state index in [0.29, 0.717) is 19.3 Å². The molecular formula is C76H142O6. The lowest BCUT2D eigenvalue weighted by molar-refractivity contribution is -0.167. The van der Waals surface area contributed by atoms with Crippen LogP contribution in [0.1, 0.15) is 412 Å². The molecule has 0 heterocycles. The van der Waals surface area contributed by atoms with Crippen LogP contribution in [-0.4, -0.2) is 37.2 Å². The van der Waals surface area contributed by atoms with Crippen molar-refractivity contribution in [3.63, 3.8) is 0 Å². The fraction of sp³-hybridized carbons (Fsp3) is 0.882. The van der Waals surface area contributed by atoms with Crippen LogP contribution in [0.4, 0.5) is 0 Å². The molecule has 0 bridgehead atoms. The molecule has 0 spiro atoms. The topological polar surface area (TPSA) is 78.9 Å². The van der Waals surface area contributed by atoms with Crippen molar-refractivity contribution in [2.45, 2.75) is 419 Å². The van der Waals surface area contributed by atoms with Crippen LogP contribution in [0.25, 0.3) is 0 Å². The number of esters is 3. The molecule has 0 radical (unpaired) electrons. The van der Waals surface area contributed by atoms with Gasteiger partial charge in [-0.2, -0.15) is 0 Å². The van der Waals surface area contributed by atoms with Crippen molar-refractivity contribution in [2.24, 2.45) is 0 Å². The summed E-state index contributed by atoms with van der Waals surface area (Å²) < 4.78 is 17.0. The van der Waals surface area contributed by atoms with E-state index in [-0.39, 0.29) is 31.1 Å². The summed E-state index contributed by atoms with van der Waals surface area (Å²) in [6.07, 6.45) is 89.2. The molecule has 0 amide bonds. The molecule has 1 atom stereocenters. The number of allylic oxidation sites excluding steroid dienone is 6.